The van der Waals surface area contributed by atoms with Gasteiger partial charge in [-0.05, 0) is 57.6 Å². The number of carbonyl (C=O) groups is 2. The number of hydrogen-bond acceptors (Lipinski definition) is 4. The van der Waals surface area contributed by atoms with Crippen molar-refractivity contribution >= 4 is 54.9 Å². The van der Waals surface area contributed by atoms with Crippen LogP contribution in [0.5, 0.6) is 5.75 Å². The number of rotatable bonds is 4. The number of halogens is 1. The van der Waals surface area contributed by atoms with Gasteiger partial charge in [-0.1, -0.05) is 24.3 Å². The number of ether oxygens (including phenoxy) is 1. The molecule has 7 heteroatoms. The van der Waals surface area contributed by atoms with E-state index in [-0.39, 0.29) is 5.91 Å². The van der Waals surface area contributed by atoms with Gasteiger partial charge in [-0.25, -0.2) is 0 Å². The first kappa shape index (κ1) is 18.0. The second kappa shape index (κ2) is 6.98. The zero-order chi connectivity index (χ0) is 19.1. The number of fused-ring (bicyclic) bond motifs is 2. The maximum Gasteiger partial charge on any atom is 0.260 e. The highest BCUT2D eigenvalue weighted by Gasteiger charge is 2.27. The van der Waals surface area contributed by atoms with Crippen molar-refractivity contribution in [2.24, 2.45) is 5.73 Å². The lowest BCUT2D eigenvalue weighted by Gasteiger charge is -2.13. The van der Waals surface area contributed by atoms with E-state index in [0.717, 1.165) is 44.9 Å². The van der Waals surface area contributed by atoms with Crippen molar-refractivity contribution in [1.82, 2.24) is 0 Å². The molecule has 4 rings (SSSR count). The average Bonchev–Trinajstić information content (AvgIpc) is 3.21. The van der Waals surface area contributed by atoms with Crippen molar-refractivity contribution in [3.05, 3.63) is 56.4 Å². The predicted molar refractivity (Wildman–Crippen MR) is 111 cm³/mol. The number of nitrogens with two attached hydrogens (primary N) is 1. The van der Waals surface area contributed by atoms with Gasteiger partial charge in [0, 0.05) is 4.88 Å². The van der Waals surface area contributed by atoms with Crippen LogP contribution in [0.4, 0.5) is 5.00 Å². The van der Waals surface area contributed by atoms with E-state index < -0.39 is 5.91 Å². The lowest BCUT2D eigenvalue weighted by atomic mass is 10.0. The highest BCUT2D eigenvalue weighted by molar-refractivity contribution is 9.10. The summed E-state index contributed by atoms with van der Waals surface area (Å²) in [6, 6.07) is 9.53. The van der Waals surface area contributed by atoms with Gasteiger partial charge in [0.15, 0.2) is 0 Å². The minimum absolute atomic E-state index is 0.333. The van der Waals surface area contributed by atoms with Crippen molar-refractivity contribution in [1.29, 1.82) is 0 Å². The van der Waals surface area contributed by atoms with Crippen molar-refractivity contribution in [3.8, 4) is 5.75 Å². The Morgan fingerprint density at radius 1 is 1.26 bits per heavy atom. The molecule has 0 aliphatic heterocycles. The summed E-state index contributed by atoms with van der Waals surface area (Å²) < 4.78 is 6.21. The summed E-state index contributed by atoms with van der Waals surface area (Å²) in [5.74, 6) is -0.381. The number of hydrogen-bond donors (Lipinski definition) is 2. The second-order valence-corrected chi connectivity index (χ2v) is 8.27. The van der Waals surface area contributed by atoms with Crippen LogP contribution in [0.15, 0.2) is 34.8 Å². The van der Waals surface area contributed by atoms with Gasteiger partial charge in [0.05, 0.1) is 22.7 Å². The van der Waals surface area contributed by atoms with Crippen LogP contribution in [-0.2, 0) is 12.8 Å². The fourth-order valence-electron chi connectivity index (χ4n) is 3.58. The first-order valence-electron chi connectivity index (χ1n) is 8.52. The van der Waals surface area contributed by atoms with E-state index in [2.05, 4.69) is 21.2 Å². The van der Waals surface area contributed by atoms with Crippen LogP contribution in [0.2, 0.25) is 0 Å². The highest BCUT2D eigenvalue weighted by Crippen LogP contribution is 2.40. The molecule has 0 saturated heterocycles. The minimum atomic E-state index is -0.503. The maximum absolute atomic E-state index is 13.0. The Hall–Kier alpha value is -2.38. The smallest absolute Gasteiger partial charge is 0.260 e. The fourth-order valence-corrected chi connectivity index (χ4v) is 5.60. The number of thiophene rings is 1. The Bertz CT molecular complexity index is 1090. The summed E-state index contributed by atoms with van der Waals surface area (Å²) in [6.45, 7) is 0. The number of aryl methyl sites for hydroxylation is 1. The van der Waals surface area contributed by atoms with E-state index in [1.165, 1.54) is 18.4 Å². The molecule has 1 aliphatic rings. The molecule has 0 atom stereocenters. The molecule has 0 bridgehead atoms. The molecule has 0 saturated carbocycles. The summed E-state index contributed by atoms with van der Waals surface area (Å²) in [7, 11) is 1.53. The van der Waals surface area contributed by atoms with Gasteiger partial charge < -0.3 is 15.8 Å². The first-order valence-corrected chi connectivity index (χ1v) is 10.1. The molecule has 138 valence electrons. The van der Waals surface area contributed by atoms with Crippen LogP contribution < -0.4 is 15.8 Å². The zero-order valence-corrected chi connectivity index (χ0v) is 17.0. The molecule has 1 aliphatic carbocycles. The summed E-state index contributed by atoms with van der Waals surface area (Å²) in [4.78, 5) is 26.1. The quantitative estimate of drug-likeness (QED) is 0.620. The third-order valence-electron chi connectivity index (χ3n) is 4.78. The van der Waals surface area contributed by atoms with Crippen LogP contribution in [0.25, 0.3) is 10.8 Å². The van der Waals surface area contributed by atoms with Gasteiger partial charge in [0.2, 0.25) is 0 Å². The molecule has 0 unspecified atom stereocenters. The lowest BCUT2D eigenvalue weighted by molar-refractivity contribution is 0.100. The van der Waals surface area contributed by atoms with E-state index in [4.69, 9.17) is 10.5 Å². The van der Waals surface area contributed by atoms with Crippen LogP contribution in [0.3, 0.4) is 0 Å². The molecular formula is C20H17BrN2O3S. The normalized spacial score (nSPS) is 12.8. The van der Waals surface area contributed by atoms with E-state index >= 15 is 0 Å². The van der Waals surface area contributed by atoms with Gasteiger partial charge >= 0.3 is 0 Å². The molecule has 0 fully saturated rings. The largest absolute Gasteiger partial charge is 0.495 e. The number of nitrogens with one attached hydrogen (secondary N) is 1. The number of benzene rings is 2. The molecule has 0 radical (unpaired) electrons. The van der Waals surface area contributed by atoms with Crippen LogP contribution in [-0.4, -0.2) is 18.9 Å². The standard InChI is InChI=1S/C20H17BrN2O3S/c1-26-17-13(9-10-5-2-3-6-11(10)16(17)21)19(25)23-20-15(18(22)24)12-7-4-8-14(12)27-20/h2-3,5-6,9H,4,7-8H2,1H3,(H2,22,24)(H,23,25). The number of primary amides is 1. The Morgan fingerprint density at radius 2 is 2.04 bits per heavy atom. The van der Waals surface area contributed by atoms with E-state index in [1.54, 1.807) is 6.07 Å². The topological polar surface area (TPSA) is 81.4 Å². The van der Waals surface area contributed by atoms with Crippen molar-refractivity contribution in [3.63, 3.8) is 0 Å². The Kier molecular flexibility index (Phi) is 4.65. The third kappa shape index (κ3) is 3.00. The summed E-state index contributed by atoms with van der Waals surface area (Å²) in [5.41, 5.74) is 7.41. The number of anilines is 1. The molecule has 3 N–H and O–H groups in total. The van der Waals surface area contributed by atoms with Gasteiger partial charge in [-0.2, -0.15) is 0 Å². The summed E-state index contributed by atoms with van der Waals surface area (Å²) >= 11 is 4.98. The van der Waals surface area contributed by atoms with Crippen LogP contribution >= 0.6 is 27.3 Å². The molecule has 3 aromatic rings. The van der Waals surface area contributed by atoms with Crippen molar-refractivity contribution < 1.29 is 14.3 Å². The fraction of sp³-hybridized carbons (Fsp3) is 0.200. The van der Waals surface area contributed by atoms with Crippen LogP contribution in [0, 0.1) is 0 Å². The second-order valence-electron chi connectivity index (χ2n) is 6.37. The van der Waals surface area contributed by atoms with Crippen molar-refractivity contribution in [2.75, 3.05) is 12.4 Å². The van der Waals surface area contributed by atoms with E-state index in [0.29, 0.717) is 21.9 Å². The number of methoxy groups -OCH3 is 1. The Balaban J connectivity index is 1.77. The molecule has 5 nitrogen and oxygen atoms in total. The SMILES string of the molecule is COc1c(C(=O)Nc2sc3c(c2C(N)=O)CCC3)cc2ccccc2c1Br. The average molecular weight is 445 g/mol. The lowest BCUT2D eigenvalue weighted by Crippen LogP contribution is -2.18. The molecule has 2 amide bonds. The predicted octanol–water partition coefficient (Wildman–Crippen LogP) is 4.51. The van der Waals surface area contributed by atoms with Crippen LogP contribution in [0.1, 0.15) is 37.6 Å². The summed E-state index contributed by atoms with van der Waals surface area (Å²) in [6.07, 6.45) is 2.76. The number of carbonyl (C=O) groups excluding carboxylic acids is 2. The monoisotopic (exact) mass is 444 g/mol. The maximum atomic E-state index is 13.0. The number of amides is 2. The Morgan fingerprint density at radius 3 is 2.78 bits per heavy atom. The van der Waals surface area contributed by atoms with Gasteiger partial charge in [0.25, 0.3) is 11.8 Å². The van der Waals surface area contributed by atoms with E-state index in [1.807, 2.05) is 24.3 Å². The van der Waals surface area contributed by atoms with Gasteiger partial charge in [-0.3, -0.25) is 9.59 Å². The summed E-state index contributed by atoms with van der Waals surface area (Å²) in [5, 5.41) is 5.27. The molecule has 1 heterocycles. The Labute approximate surface area is 168 Å². The molecule has 1 aromatic heterocycles. The third-order valence-corrected chi connectivity index (χ3v) is 6.78. The van der Waals surface area contributed by atoms with Crippen molar-refractivity contribution in [2.45, 2.75) is 19.3 Å². The molecule has 2 aromatic carbocycles. The van der Waals surface area contributed by atoms with Gasteiger partial charge in [0.1, 0.15) is 10.8 Å². The first-order chi connectivity index (χ1) is 13.0. The zero-order valence-electron chi connectivity index (χ0n) is 14.6. The minimum Gasteiger partial charge on any atom is -0.495 e. The highest BCUT2D eigenvalue weighted by atomic mass is 79.9. The molecule has 27 heavy (non-hydrogen) atoms. The van der Waals surface area contributed by atoms with Gasteiger partial charge in [-0.15, -0.1) is 11.3 Å². The molecular weight excluding hydrogens is 428 g/mol. The molecule has 0 spiro atoms. The van der Waals surface area contributed by atoms with E-state index in [9.17, 15) is 9.59 Å².